The number of esters is 1. The molecule has 0 unspecified atom stereocenters. The second-order valence-corrected chi connectivity index (χ2v) is 20.4. The number of amides is 3. The molecule has 0 saturated carbocycles. The second kappa shape index (κ2) is 21.2. The van der Waals surface area contributed by atoms with Gasteiger partial charge in [-0.1, -0.05) is 38.5 Å². The van der Waals surface area contributed by atoms with Crippen LogP contribution in [-0.4, -0.2) is 142 Å². The SMILES string of the molecule is C=C/C(=C(\N=CC)[C@H](C)OC)c1c2c3cc(ccc3n1CC)-c1csc(n1)C[C@H](NC(=O)CCO[C@H]1CCN(C(=O)C#CC(C)(C)N3CCC3)C1)C(=O)N1CCC[C@@](O)(N1)C(=O)OCC(C)(C)C2. The first-order valence-corrected chi connectivity index (χ1v) is 24.7. The fraction of sp³-hybridized carbons (Fsp3) is 0.569. The highest BCUT2D eigenvalue weighted by molar-refractivity contribution is 7.10. The minimum Gasteiger partial charge on any atom is -0.462 e. The Labute approximate surface area is 404 Å². The molecule has 0 spiro atoms. The molecule has 4 atom stereocenters. The first-order chi connectivity index (χ1) is 32.4. The van der Waals surface area contributed by atoms with Crippen LogP contribution in [0.15, 0.2) is 46.9 Å². The van der Waals surface area contributed by atoms with Gasteiger partial charge >= 0.3 is 5.97 Å². The van der Waals surface area contributed by atoms with Crippen molar-refractivity contribution in [1.82, 2.24) is 35.1 Å². The molecule has 3 fully saturated rings. The van der Waals surface area contributed by atoms with Crippen molar-refractivity contribution in [2.45, 2.75) is 129 Å². The van der Waals surface area contributed by atoms with Crippen LogP contribution < -0.4 is 10.7 Å². The Morgan fingerprint density at radius 2 is 1.99 bits per heavy atom. The summed E-state index contributed by atoms with van der Waals surface area (Å²) in [5.41, 5.74) is 5.63. The monoisotopic (exact) mass is 952 g/mol. The molecule has 7 rings (SSSR count). The summed E-state index contributed by atoms with van der Waals surface area (Å²) in [4.78, 5) is 68.6. The Morgan fingerprint density at radius 1 is 1.21 bits per heavy atom. The van der Waals surface area contributed by atoms with Crippen LogP contribution in [0.25, 0.3) is 27.7 Å². The summed E-state index contributed by atoms with van der Waals surface area (Å²) in [6.07, 6.45) is 5.53. The molecular formula is C51H68N8O8S. The molecule has 3 aromatic rings. The maximum absolute atomic E-state index is 14.4. The number of carbonyl (C=O) groups is 4. The van der Waals surface area contributed by atoms with E-state index in [-0.39, 0.29) is 62.7 Å². The Hall–Kier alpha value is -5.22. The molecule has 68 heavy (non-hydrogen) atoms. The summed E-state index contributed by atoms with van der Waals surface area (Å²) in [5, 5.41) is 19.4. The van der Waals surface area contributed by atoms with Gasteiger partial charge in [0.15, 0.2) is 0 Å². The van der Waals surface area contributed by atoms with E-state index >= 15 is 0 Å². The summed E-state index contributed by atoms with van der Waals surface area (Å²) in [7, 11) is 1.65. The first-order valence-electron chi connectivity index (χ1n) is 23.9. The Kier molecular flexibility index (Phi) is 15.8. The molecule has 2 aromatic heterocycles. The number of aliphatic imine (C=N–C) groups is 1. The number of allylic oxidation sites excluding steroid dienone is 2. The number of carbonyl (C=O) groups excluding carboxylic acids is 4. The first kappa shape index (κ1) is 50.7. The lowest BCUT2D eigenvalue weighted by molar-refractivity contribution is -0.189. The van der Waals surface area contributed by atoms with Crippen LogP contribution in [-0.2, 0) is 52.8 Å². The zero-order valence-electron chi connectivity index (χ0n) is 40.9. The lowest BCUT2D eigenvalue weighted by atomic mass is 9.84. The number of thiazole rings is 1. The lowest BCUT2D eigenvalue weighted by Gasteiger charge is -2.41. The van der Waals surface area contributed by atoms with E-state index in [2.05, 4.69) is 57.7 Å². The highest BCUT2D eigenvalue weighted by Gasteiger charge is 2.45. The normalized spacial score (nSPS) is 23.3. The number of likely N-dealkylation sites (tertiary alicyclic amines) is 2. The fourth-order valence-corrected chi connectivity index (χ4v) is 10.2. The number of aryl methyl sites for hydroxylation is 1. The highest BCUT2D eigenvalue weighted by Crippen LogP contribution is 2.40. The number of aliphatic hydroxyl groups is 1. The van der Waals surface area contributed by atoms with E-state index in [0.29, 0.717) is 49.6 Å². The number of hydrogen-bond donors (Lipinski definition) is 3. The van der Waals surface area contributed by atoms with Gasteiger partial charge in [0.25, 0.3) is 11.8 Å². The van der Waals surface area contributed by atoms with E-state index in [9.17, 15) is 24.3 Å². The van der Waals surface area contributed by atoms with Gasteiger partial charge in [0, 0.05) is 105 Å². The minimum absolute atomic E-state index is 0.0103. The minimum atomic E-state index is -2.20. The van der Waals surface area contributed by atoms with Gasteiger partial charge in [-0.2, -0.15) is 5.43 Å². The third kappa shape index (κ3) is 11.1. The molecule has 3 N–H and O–H groups in total. The molecule has 6 bridgehead atoms. The lowest BCUT2D eigenvalue weighted by Crippen LogP contribution is -2.67. The van der Waals surface area contributed by atoms with Crippen molar-refractivity contribution in [1.29, 1.82) is 0 Å². The number of methoxy groups -OCH3 is 1. The number of fused-ring (bicyclic) bond motifs is 6. The maximum atomic E-state index is 14.4. The van der Waals surface area contributed by atoms with Gasteiger partial charge in [0.1, 0.15) is 6.04 Å². The van der Waals surface area contributed by atoms with Crippen LogP contribution in [0.5, 0.6) is 0 Å². The van der Waals surface area contributed by atoms with Crippen LogP contribution in [0.2, 0.25) is 0 Å². The van der Waals surface area contributed by atoms with Crippen LogP contribution in [0.4, 0.5) is 0 Å². The highest BCUT2D eigenvalue weighted by atomic mass is 32.1. The average Bonchev–Trinajstić information content (AvgIpc) is 4.04. The summed E-state index contributed by atoms with van der Waals surface area (Å²) in [6, 6.07) is 5.15. The van der Waals surface area contributed by atoms with Crippen LogP contribution >= 0.6 is 11.3 Å². The Bertz CT molecular complexity index is 2530. The van der Waals surface area contributed by atoms with Gasteiger partial charge < -0.3 is 34.1 Å². The molecule has 0 aliphatic carbocycles. The molecule has 4 aliphatic rings. The summed E-state index contributed by atoms with van der Waals surface area (Å²) >= 11 is 1.38. The molecule has 3 saturated heterocycles. The molecular weight excluding hydrogens is 885 g/mol. The maximum Gasteiger partial charge on any atom is 0.355 e. The van der Waals surface area contributed by atoms with Crippen LogP contribution in [0.1, 0.15) is 96.8 Å². The smallest absolute Gasteiger partial charge is 0.355 e. The van der Waals surface area contributed by atoms with Gasteiger partial charge in [-0.15, -0.1) is 11.3 Å². The number of ether oxygens (including phenoxy) is 3. The number of hydrogen-bond acceptors (Lipinski definition) is 13. The molecule has 4 aliphatic heterocycles. The zero-order valence-corrected chi connectivity index (χ0v) is 41.7. The molecule has 1 aromatic carbocycles. The van der Waals surface area contributed by atoms with Gasteiger partial charge in [0.2, 0.25) is 11.6 Å². The van der Waals surface area contributed by atoms with Gasteiger partial charge in [-0.05, 0) is 83.9 Å². The van der Waals surface area contributed by atoms with Gasteiger partial charge in [-0.3, -0.25) is 29.3 Å². The zero-order chi connectivity index (χ0) is 49.0. The number of hydrazine groups is 1. The summed E-state index contributed by atoms with van der Waals surface area (Å²) in [6.45, 7) is 21.9. The second-order valence-electron chi connectivity index (χ2n) is 19.4. The third-order valence-corrected chi connectivity index (χ3v) is 14.3. The third-order valence-electron chi connectivity index (χ3n) is 13.4. The molecule has 3 amide bonds. The predicted octanol–water partition coefficient (Wildman–Crippen LogP) is 5.27. The van der Waals surface area contributed by atoms with E-state index in [0.717, 1.165) is 58.5 Å². The predicted molar refractivity (Wildman–Crippen MR) is 263 cm³/mol. The number of nitrogens with one attached hydrogen (secondary N) is 2. The summed E-state index contributed by atoms with van der Waals surface area (Å²) < 4.78 is 20.1. The fourth-order valence-electron chi connectivity index (χ4n) is 9.39. The van der Waals surface area contributed by atoms with Crippen molar-refractivity contribution >= 4 is 57.7 Å². The topological polar surface area (TPSA) is 180 Å². The van der Waals surface area contributed by atoms with E-state index in [1.165, 1.54) is 16.3 Å². The van der Waals surface area contributed by atoms with Crippen molar-refractivity contribution in [2.24, 2.45) is 10.4 Å². The van der Waals surface area contributed by atoms with E-state index in [1.807, 2.05) is 59.1 Å². The van der Waals surface area contributed by atoms with E-state index < -0.39 is 35.0 Å². The van der Waals surface area contributed by atoms with Crippen LogP contribution in [0, 0.1) is 17.3 Å². The van der Waals surface area contributed by atoms with E-state index in [1.54, 1.807) is 18.2 Å². The summed E-state index contributed by atoms with van der Waals surface area (Å²) in [5.74, 6) is 3.88. The molecule has 17 heteroatoms. The quantitative estimate of drug-likeness (QED) is 0.0933. The van der Waals surface area contributed by atoms with Gasteiger partial charge in [0.05, 0.1) is 53.1 Å². The largest absolute Gasteiger partial charge is 0.462 e. The molecule has 16 nitrogen and oxygen atoms in total. The van der Waals surface area contributed by atoms with Crippen molar-refractivity contribution in [3.8, 4) is 23.1 Å². The molecule has 366 valence electrons. The van der Waals surface area contributed by atoms with Gasteiger partial charge in [-0.25, -0.2) is 9.78 Å². The standard InChI is InChI=1S/C51H68N8O8S/c1-10-36(45(52-11-2)33(4)65-9)46-38-29-49(5,6)32-67-48(63)51(64)20-13-24-59(55-51)47(62)39(28-43-54-40(31-68-43)34-15-16-41(37(38)27-34)58(46)12-3)53-42(60)19-26-66-35-18-25-56(30-35)44(61)17-21-50(7,8)57-22-14-23-57/h10-11,15-16,27,31,33,35,39,55,64H,1,12-14,18-20,22-26,28-30,32H2,2-9H3,(H,53,60)/b45-36+,52-11?/t33-,35-,39-,51-/m0/s1. The number of aromatic nitrogens is 2. The van der Waals surface area contributed by atoms with E-state index in [4.69, 9.17) is 24.2 Å². The van der Waals surface area contributed by atoms with Crippen molar-refractivity contribution in [3.05, 3.63) is 58.2 Å². The van der Waals surface area contributed by atoms with Crippen molar-refractivity contribution in [3.63, 3.8) is 0 Å². The van der Waals surface area contributed by atoms with Crippen molar-refractivity contribution in [2.75, 3.05) is 53.0 Å². The average molecular weight is 953 g/mol. The Balaban J connectivity index is 1.16. The number of nitrogens with zero attached hydrogens (tertiary/aromatic N) is 6. The molecule has 6 heterocycles. The Morgan fingerprint density at radius 3 is 2.68 bits per heavy atom. The number of cyclic esters (lactones) is 1. The van der Waals surface area contributed by atoms with Crippen LogP contribution in [0.3, 0.4) is 0 Å². The number of benzene rings is 1. The van der Waals surface area contributed by atoms with Crippen molar-refractivity contribution < 1.29 is 38.5 Å². The molecule has 0 radical (unpaired) electrons. The number of rotatable bonds is 12.